The van der Waals surface area contributed by atoms with Crippen molar-refractivity contribution in [3.8, 4) is 0 Å². The number of nitrogens with zero attached hydrogens (tertiary/aromatic N) is 3. The van der Waals surface area contributed by atoms with Gasteiger partial charge in [-0.25, -0.2) is 4.98 Å². The van der Waals surface area contributed by atoms with E-state index in [0.717, 1.165) is 18.8 Å². The van der Waals surface area contributed by atoms with Crippen LogP contribution >= 0.6 is 0 Å². The summed E-state index contributed by atoms with van der Waals surface area (Å²) in [5, 5.41) is 11.5. The molecular formula is C12H20N4O. The minimum Gasteiger partial charge on any atom is -0.409 e. The topological polar surface area (TPSA) is 74.7 Å². The van der Waals surface area contributed by atoms with Gasteiger partial charge in [-0.3, -0.25) is 0 Å². The monoisotopic (exact) mass is 236 g/mol. The molecule has 0 amide bonds. The Morgan fingerprint density at radius 2 is 2.24 bits per heavy atom. The van der Waals surface area contributed by atoms with Gasteiger partial charge in [0, 0.05) is 24.3 Å². The van der Waals surface area contributed by atoms with Crippen molar-refractivity contribution in [2.24, 2.45) is 10.9 Å². The first kappa shape index (κ1) is 13.3. The Balaban J connectivity index is 2.92. The predicted molar refractivity (Wildman–Crippen MR) is 69.5 cm³/mol. The Morgan fingerprint density at radius 3 is 2.65 bits per heavy atom. The molecule has 0 aliphatic rings. The largest absolute Gasteiger partial charge is 0.409 e. The zero-order valence-electron chi connectivity index (χ0n) is 10.6. The standard InChI is InChI=1S/C12H20N4O/c1-4-7-16(9(2)3)11-6-5-10(8-14-11)12(13)15-17/h5-6,8-9,17H,4,7H2,1-3H3,(H2,13,15). The van der Waals surface area contributed by atoms with Gasteiger partial charge in [0.2, 0.25) is 0 Å². The lowest BCUT2D eigenvalue weighted by Gasteiger charge is -2.27. The van der Waals surface area contributed by atoms with Crippen molar-refractivity contribution in [1.82, 2.24) is 4.98 Å². The van der Waals surface area contributed by atoms with E-state index in [4.69, 9.17) is 10.9 Å². The summed E-state index contributed by atoms with van der Waals surface area (Å²) < 4.78 is 0. The van der Waals surface area contributed by atoms with Gasteiger partial charge in [0.05, 0.1) is 0 Å². The fourth-order valence-electron chi connectivity index (χ4n) is 1.64. The lowest BCUT2D eigenvalue weighted by molar-refractivity contribution is 0.318. The molecule has 0 aliphatic heterocycles. The minimum atomic E-state index is 0.0793. The van der Waals surface area contributed by atoms with Crippen LogP contribution in [0.25, 0.3) is 0 Å². The van der Waals surface area contributed by atoms with Gasteiger partial charge in [-0.05, 0) is 32.4 Å². The van der Waals surface area contributed by atoms with E-state index in [0.29, 0.717) is 11.6 Å². The highest BCUT2D eigenvalue weighted by Gasteiger charge is 2.11. The number of anilines is 1. The Kier molecular flexibility index (Phi) is 4.75. The predicted octanol–water partition coefficient (Wildman–Crippen LogP) is 1.80. The van der Waals surface area contributed by atoms with Crippen LogP contribution in [-0.2, 0) is 0 Å². The highest BCUT2D eigenvalue weighted by molar-refractivity contribution is 5.96. The maximum absolute atomic E-state index is 8.56. The van der Waals surface area contributed by atoms with Gasteiger partial charge in [-0.1, -0.05) is 12.1 Å². The molecule has 5 heteroatoms. The van der Waals surface area contributed by atoms with Gasteiger partial charge in [0.25, 0.3) is 0 Å². The van der Waals surface area contributed by atoms with Gasteiger partial charge >= 0.3 is 0 Å². The molecule has 0 saturated heterocycles. The molecule has 0 fully saturated rings. The Bertz CT molecular complexity index is 373. The van der Waals surface area contributed by atoms with Crippen molar-refractivity contribution < 1.29 is 5.21 Å². The molecule has 3 N–H and O–H groups in total. The highest BCUT2D eigenvalue weighted by atomic mass is 16.4. The molecule has 0 radical (unpaired) electrons. The third-order valence-corrected chi connectivity index (χ3v) is 2.53. The van der Waals surface area contributed by atoms with Crippen LogP contribution in [0.1, 0.15) is 32.8 Å². The molecule has 0 aliphatic carbocycles. The number of nitrogens with two attached hydrogens (primary N) is 1. The van der Waals surface area contributed by atoms with Crippen molar-refractivity contribution in [3.05, 3.63) is 23.9 Å². The Labute approximate surface area is 102 Å². The minimum absolute atomic E-state index is 0.0793. The fourth-order valence-corrected chi connectivity index (χ4v) is 1.64. The van der Waals surface area contributed by atoms with E-state index < -0.39 is 0 Å². The molecule has 1 heterocycles. The first-order chi connectivity index (χ1) is 8.10. The number of rotatable bonds is 5. The summed E-state index contributed by atoms with van der Waals surface area (Å²) in [6.45, 7) is 7.37. The van der Waals surface area contributed by atoms with Crippen LogP contribution in [0.5, 0.6) is 0 Å². The molecule has 0 aromatic carbocycles. The van der Waals surface area contributed by atoms with Crippen LogP contribution in [0.4, 0.5) is 5.82 Å². The Morgan fingerprint density at radius 1 is 1.53 bits per heavy atom. The first-order valence-electron chi connectivity index (χ1n) is 5.80. The molecular weight excluding hydrogens is 216 g/mol. The van der Waals surface area contributed by atoms with Crippen molar-refractivity contribution in [3.63, 3.8) is 0 Å². The summed E-state index contributed by atoms with van der Waals surface area (Å²) >= 11 is 0. The second-order valence-electron chi connectivity index (χ2n) is 4.18. The smallest absolute Gasteiger partial charge is 0.171 e. The summed E-state index contributed by atoms with van der Waals surface area (Å²) in [7, 11) is 0. The summed E-state index contributed by atoms with van der Waals surface area (Å²) in [4.78, 5) is 6.56. The third kappa shape index (κ3) is 3.34. The van der Waals surface area contributed by atoms with Crippen molar-refractivity contribution in [1.29, 1.82) is 0 Å². The molecule has 0 saturated carbocycles. The average Bonchev–Trinajstić information content (AvgIpc) is 2.35. The van der Waals surface area contributed by atoms with Gasteiger partial charge in [0.15, 0.2) is 5.84 Å². The van der Waals surface area contributed by atoms with Crippen molar-refractivity contribution in [2.75, 3.05) is 11.4 Å². The van der Waals surface area contributed by atoms with Gasteiger partial charge in [-0.15, -0.1) is 0 Å². The van der Waals surface area contributed by atoms with Crippen LogP contribution in [0.15, 0.2) is 23.5 Å². The van der Waals surface area contributed by atoms with Crippen molar-refractivity contribution in [2.45, 2.75) is 33.2 Å². The Hall–Kier alpha value is -1.78. The first-order valence-corrected chi connectivity index (χ1v) is 5.80. The molecule has 1 aromatic rings. The molecule has 0 spiro atoms. The quantitative estimate of drug-likeness (QED) is 0.354. The van der Waals surface area contributed by atoms with Crippen LogP contribution < -0.4 is 10.6 Å². The zero-order chi connectivity index (χ0) is 12.8. The number of oxime groups is 1. The second kappa shape index (κ2) is 6.08. The normalized spacial score (nSPS) is 11.9. The van der Waals surface area contributed by atoms with E-state index in [-0.39, 0.29) is 5.84 Å². The lowest BCUT2D eigenvalue weighted by atomic mass is 10.2. The molecule has 0 bridgehead atoms. The third-order valence-electron chi connectivity index (χ3n) is 2.53. The lowest BCUT2D eigenvalue weighted by Crippen LogP contribution is -2.32. The highest BCUT2D eigenvalue weighted by Crippen LogP contribution is 2.14. The SMILES string of the molecule is CCCN(c1ccc(/C(N)=N/O)cn1)C(C)C. The molecule has 5 nitrogen and oxygen atoms in total. The fraction of sp³-hybridized carbons (Fsp3) is 0.500. The van der Waals surface area contributed by atoms with Crippen LogP contribution in [0.3, 0.4) is 0 Å². The maximum Gasteiger partial charge on any atom is 0.171 e. The number of pyridine rings is 1. The molecule has 0 atom stereocenters. The summed E-state index contributed by atoms with van der Waals surface area (Å²) in [6, 6.07) is 4.10. The van der Waals surface area contributed by atoms with E-state index in [1.54, 1.807) is 6.20 Å². The van der Waals surface area contributed by atoms with E-state index in [9.17, 15) is 0 Å². The number of aromatic nitrogens is 1. The van der Waals surface area contributed by atoms with E-state index in [2.05, 4.69) is 35.8 Å². The van der Waals surface area contributed by atoms with E-state index in [1.165, 1.54) is 0 Å². The van der Waals surface area contributed by atoms with E-state index >= 15 is 0 Å². The van der Waals surface area contributed by atoms with Crippen molar-refractivity contribution >= 4 is 11.7 Å². The van der Waals surface area contributed by atoms with Crippen LogP contribution in [0, 0.1) is 0 Å². The molecule has 94 valence electrons. The summed E-state index contributed by atoms with van der Waals surface area (Å²) in [5.74, 6) is 0.993. The second-order valence-corrected chi connectivity index (χ2v) is 4.18. The summed E-state index contributed by atoms with van der Waals surface area (Å²) in [5.41, 5.74) is 6.11. The molecule has 0 unspecified atom stereocenters. The maximum atomic E-state index is 8.56. The molecule has 17 heavy (non-hydrogen) atoms. The number of hydrogen-bond acceptors (Lipinski definition) is 4. The number of amidine groups is 1. The molecule has 1 rings (SSSR count). The average molecular weight is 236 g/mol. The zero-order valence-corrected chi connectivity index (χ0v) is 10.6. The van der Waals surface area contributed by atoms with Crippen LogP contribution in [0.2, 0.25) is 0 Å². The van der Waals surface area contributed by atoms with Gasteiger partial charge < -0.3 is 15.8 Å². The van der Waals surface area contributed by atoms with Gasteiger partial charge in [0.1, 0.15) is 5.82 Å². The van der Waals surface area contributed by atoms with Gasteiger partial charge in [-0.2, -0.15) is 0 Å². The molecule has 1 aromatic heterocycles. The summed E-state index contributed by atoms with van der Waals surface area (Å²) in [6.07, 6.45) is 2.69. The number of hydrogen-bond donors (Lipinski definition) is 2. The van der Waals surface area contributed by atoms with E-state index in [1.807, 2.05) is 12.1 Å². The van der Waals surface area contributed by atoms with Crippen LogP contribution in [-0.4, -0.2) is 28.6 Å².